The average Bonchev–Trinajstić information content (AvgIpc) is 3.46. The smallest absolute Gasteiger partial charge is 0.261 e. The van der Waals surface area contributed by atoms with E-state index in [9.17, 15) is 4.79 Å². The first-order chi connectivity index (χ1) is 18.8. The molecule has 40 heavy (non-hydrogen) atoms. The van der Waals surface area contributed by atoms with Gasteiger partial charge in [-0.3, -0.25) is 9.89 Å². The summed E-state index contributed by atoms with van der Waals surface area (Å²) in [6.45, 7) is 19.9. The number of nitrogens with zero attached hydrogens (tertiary/aromatic N) is 3. The first-order valence-corrected chi connectivity index (χ1v) is 15.4. The zero-order valence-corrected chi connectivity index (χ0v) is 26.8. The van der Waals surface area contributed by atoms with Crippen LogP contribution < -0.4 is 10.1 Å². The molecule has 0 radical (unpaired) electrons. The van der Waals surface area contributed by atoms with E-state index >= 15 is 0 Å². The third-order valence-corrected chi connectivity index (χ3v) is 8.77. The predicted molar refractivity (Wildman–Crippen MR) is 165 cm³/mol. The second-order valence-corrected chi connectivity index (χ2v) is 13.0. The molecule has 3 rings (SSSR count). The molecule has 7 nitrogen and oxygen atoms in total. The Labute approximate surface area is 245 Å². The van der Waals surface area contributed by atoms with Crippen molar-refractivity contribution in [1.82, 2.24) is 25.1 Å². The molecule has 0 spiro atoms. The Morgan fingerprint density at radius 2 is 1.77 bits per heavy atom. The molecule has 2 unspecified atom stereocenters. The molecule has 0 bridgehead atoms. The number of aryl methyl sites for hydroxylation is 1. The largest absolute Gasteiger partial charge is 0.479 e. The second kappa shape index (κ2) is 13.4. The highest BCUT2D eigenvalue weighted by Gasteiger charge is 2.31. The lowest BCUT2D eigenvalue weighted by molar-refractivity contribution is -0.128. The molecule has 0 saturated heterocycles. The van der Waals surface area contributed by atoms with Gasteiger partial charge in [0.25, 0.3) is 5.91 Å². The number of H-pyrrole nitrogens is 1. The maximum absolute atomic E-state index is 13.6. The molecule has 8 heteroatoms. The molecule has 3 aromatic rings. The lowest BCUT2D eigenvalue weighted by atomic mass is 9.76. The summed E-state index contributed by atoms with van der Waals surface area (Å²) >= 11 is 6.96. The van der Waals surface area contributed by atoms with Crippen molar-refractivity contribution in [2.75, 3.05) is 6.54 Å². The lowest BCUT2D eigenvalue weighted by Crippen LogP contribution is -2.40. The van der Waals surface area contributed by atoms with Crippen molar-refractivity contribution in [2.45, 2.75) is 130 Å². The summed E-state index contributed by atoms with van der Waals surface area (Å²) in [6, 6.07) is 6.22. The number of benzene rings is 1. The normalized spacial score (nSPS) is 13.9. The van der Waals surface area contributed by atoms with Crippen LogP contribution in [0.2, 0.25) is 5.02 Å². The average molecular weight is 572 g/mol. The van der Waals surface area contributed by atoms with E-state index in [0.29, 0.717) is 29.6 Å². The van der Waals surface area contributed by atoms with Gasteiger partial charge in [0.1, 0.15) is 5.75 Å². The molecule has 0 fully saturated rings. The van der Waals surface area contributed by atoms with Crippen molar-refractivity contribution in [2.24, 2.45) is 0 Å². The van der Waals surface area contributed by atoms with Crippen LogP contribution in [-0.2, 0) is 15.6 Å². The molecule has 0 aliphatic heterocycles. The van der Waals surface area contributed by atoms with Gasteiger partial charge in [-0.2, -0.15) is 4.63 Å². The fourth-order valence-electron chi connectivity index (χ4n) is 4.72. The molecule has 0 saturated carbocycles. The maximum Gasteiger partial charge on any atom is 0.261 e. The van der Waals surface area contributed by atoms with Crippen molar-refractivity contribution in [1.29, 1.82) is 0 Å². The standard InChI is InChI=1S/C32H50ClN5O2/c1-10-13-14-15-16-26(30(39)34-20-21(4)29-35-27-17-22(5)36-38(27)37-29)40-28-24(32(8,9)12-3)18-23(19-25(28)33)31(6,7)11-2/h17-19,21,26,36H,10-16,20H2,1-9H3,(H,34,39). The van der Waals surface area contributed by atoms with Crippen molar-refractivity contribution >= 4 is 23.2 Å². The molecule has 222 valence electrons. The number of aromatic amines is 1. The number of ether oxygens (including phenoxy) is 1. The first-order valence-electron chi connectivity index (χ1n) is 15.0. The van der Waals surface area contributed by atoms with Crippen LogP contribution in [0.5, 0.6) is 5.75 Å². The SMILES string of the molecule is CCCCCCC(Oc1c(Cl)cc(C(C)(C)CC)cc1C(C)(C)CC)C(=O)NCC(C)c1nc2cc(C)[nH]n2n1. The van der Waals surface area contributed by atoms with Crippen molar-refractivity contribution in [3.63, 3.8) is 0 Å². The summed E-state index contributed by atoms with van der Waals surface area (Å²) in [4.78, 5) is 18.2. The fourth-order valence-corrected chi connectivity index (χ4v) is 4.98. The van der Waals surface area contributed by atoms with E-state index in [2.05, 4.69) is 75.0 Å². The number of amides is 1. The molecule has 2 N–H and O–H groups in total. The minimum absolute atomic E-state index is 0.0147. The van der Waals surface area contributed by atoms with Crippen LogP contribution in [0, 0.1) is 6.92 Å². The molecule has 1 amide bonds. The number of aromatic nitrogens is 4. The van der Waals surface area contributed by atoms with Gasteiger partial charge in [0.2, 0.25) is 0 Å². The third-order valence-electron chi connectivity index (χ3n) is 8.49. The van der Waals surface area contributed by atoms with Gasteiger partial charge in [0.05, 0.1) is 5.02 Å². The van der Waals surface area contributed by atoms with Crippen molar-refractivity contribution in [3.05, 3.63) is 45.9 Å². The Balaban J connectivity index is 1.85. The molecule has 2 atom stereocenters. The predicted octanol–water partition coefficient (Wildman–Crippen LogP) is 8.03. The maximum atomic E-state index is 13.6. The van der Waals surface area contributed by atoms with Gasteiger partial charge >= 0.3 is 0 Å². The summed E-state index contributed by atoms with van der Waals surface area (Å²) in [7, 11) is 0. The second-order valence-electron chi connectivity index (χ2n) is 12.6. The monoisotopic (exact) mass is 571 g/mol. The molecule has 2 aromatic heterocycles. The van der Waals surface area contributed by atoms with Crippen LogP contribution in [0.4, 0.5) is 0 Å². The van der Waals surface area contributed by atoms with Crippen LogP contribution in [0.25, 0.3) is 5.65 Å². The van der Waals surface area contributed by atoms with Gasteiger partial charge in [0, 0.05) is 29.8 Å². The number of hydrogen-bond acceptors (Lipinski definition) is 4. The Kier molecular flexibility index (Phi) is 10.7. The number of carbonyl (C=O) groups excluding carboxylic acids is 1. The van der Waals surface area contributed by atoms with E-state index in [1.165, 1.54) is 5.56 Å². The van der Waals surface area contributed by atoms with Crippen LogP contribution in [0.15, 0.2) is 18.2 Å². The molecule has 2 heterocycles. The number of hydrogen-bond donors (Lipinski definition) is 2. The van der Waals surface area contributed by atoms with Gasteiger partial charge in [-0.25, -0.2) is 4.98 Å². The molecular weight excluding hydrogens is 522 g/mol. The number of unbranched alkanes of at least 4 members (excludes halogenated alkanes) is 3. The summed E-state index contributed by atoms with van der Waals surface area (Å²) in [5.74, 6) is 1.15. The highest BCUT2D eigenvalue weighted by atomic mass is 35.5. The molecule has 1 aromatic carbocycles. The summed E-state index contributed by atoms with van der Waals surface area (Å²) in [6.07, 6.45) is 6.17. The quantitative estimate of drug-likeness (QED) is 0.181. The zero-order valence-electron chi connectivity index (χ0n) is 26.1. The van der Waals surface area contributed by atoms with Gasteiger partial charge in [-0.1, -0.05) is 92.3 Å². The number of halogens is 1. The van der Waals surface area contributed by atoms with Crippen LogP contribution in [0.1, 0.15) is 129 Å². The molecular formula is C32H50ClN5O2. The summed E-state index contributed by atoms with van der Waals surface area (Å²) < 4.78 is 8.28. The van der Waals surface area contributed by atoms with Crippen LogP contribution in [-0.4, -0.2) is 38.4 Å². The van der Waals surface area contributed by atoms with E-state index in [1.807, 2.05) is 26.0 Å². The number of nitrogens with one attached hydrogen (secondary N) is 2. The van der Waals surface area contributed by atoms with Crippen molar-refractivity contribution in [3.8, 4) is 5.75 Å². The fraction of sp³-hybridized carbons (Fsp3) is 0.656. The van der Waals surface area contributed by atoms with Crippen LogP contribution in [0.3, 0.4) is 0 Å². The van der Waals surface area contributed by atoms with Crippen LogP contribution >= 0.6 is 11.6 Å². The minimum Gasteiger partial charge on any atom is -0.479 e. The Morgan fingerprint density at radius 3 is 2.40 bits per heavy atom. The first kappa shape index (κ1) is 32.0. The van der Waals surface area contributed by atoms with E-state index in [1.54, 1.807) is 4.63 Å². The number of rotatable bonds is 15. The number of carbonyl (C=O) groups is 1. The molecule has 0 aliphatic rings. The molecule has 0 aliphatic carbocycles. The van der Waals surface area contributed by atoms with E-state index in [4.69, 9.17) is 16.3 Å². The third kappa shape index (κ3) is 7.59. The highest BCUT2D eigenvalue weighted by molar-refractivity contribution is 6.32. The summed E-state index contributed by atoms with van der Waals surface area (Å²) in [5, 5.41) is 11.4. The van der Waals surface area contributed by atoms with E-state index < -0.39 is 6.10 Å². The zero-order chi connectivity index (χ0) is 29.7. The van der Waals surface area contributed by atoms with E-state index in [-0.39, 0.29) is 22.7 Å². The Hall–Kier alpha value is -2.54. The summed E-state index contributed by atoms with van der Waals surface area (Å²) in [5.41, 5.74) is 3.86. The Morgan fingerprint density at radius 1 is 1.07 bits per heavy atom. The lowest BCUT2D eigenvalue weighted by Gasteiger charge is -2.32. The van der Waals surface area contributed by atoms with Gasteiger partial charge in [0.15, 0.2) is 17.6 Å². The van der Waals surface area contributed by atoms with Crippen molar-refractivity contribution < 1.29 is 9.53 Å². The number of fused-ring (bicyclic) bond motifs is 1. The highest BCUT2D eigenvalue weighted by Crippen LogP contribution is 2.43. The van der Waals surface area contributed by atoms with Gasteiger partial charge in [-0.05, 0) is 55.1 Å². The van der Waals surface area contributed by atoms with E-state index in [0.717, 1.165) is 55.4 Å². The minimum atomic E-state index is -0.634. The van der Waals surface area contributed by atoms with Gasteiger partial charge in [-0.15, -0.1) is 5.10 Å². The topological polar surface area (TPSA) is 84.3 Å². The van der Waals surface area contributed by atoms with Gasteiger partial charge < -0.3 is 10.1 Å². The Bertz CT molecular complexity index is 1240.